The molecule has 0 aromatic rings. The number of imide groups is 1. The van der Waals surface area contributed by atoms with E-state index < -0.39 is 86.0 Å². The number of aliphatic hydroxyl groups excluding tert-OH is 4. The summed E-state index contributed by atoms with van der Waals surface area (Å²) in [5.41, 5.74) is 0. The second-order valence-electron chi connectivity index (χ2n) is 10.1. The number of amides is 5. The third-order valence-corrected chi connectivity index (χ3v) is 6.72. The standard InChI is InChI=1S/C25H42N4O11/c1-13(2)19(28-16(31)7-5-4-6-10-29-17(32)8-9-18(29)33)24(38)27-14(23(37)26-3)12-39-25-22(36)21(35)20(34)15(11-30)40-25/h13-15,19-22,25,30,34-36H,4-12H2,1-3H3,(H,26,37)(H,27,38)(H,28,31)/i8T. The van der Waals surface area contributed by atoms with Crippen molar-refractivity contribution in [2.24, 2.45) is 5.92 Å². The number of nitrogens with one attached hydrogen (secondary N) is 3. The maximum atomic E-state index is 13.0. The molecular formula is C25H42N4O11. The minimum atomic E-state index is -1.69. The Kier molecular flexibility index (Phi) is 12.7. The lowest BCUT2D eigenvalue weighted by molar-refractivity contribution is -0.301. The fraction of sp³-hybridized carbons (Fsp3) is 0.800. The summed E-state index contributed by atoms with van der Waals surface area (Å²) >= 11 is 0. The van der Waals surface area contributed by atoms with Crippen molar-refractivity contribution in [2.45, 2.75) is 95.1 Å². The van der Waals surface area contributed by atoms with E-state index in [1.807, 2.05) is 0 Å². The Balaban J connectivity index is 1.87. The number of hydrogen-bond donors (Lipinski definition) is 7. The van der Waals surface area contributed by atoms with E-state index in [2.05, 4.69) is 16.0 Å². The first-order valence-electron chi connectivity index (χ1n) is 13.9. The molecule has 2 aliphatic rings. The van der Waals surface area contributed by atoms with Gasteiger partial charge in [0.1, 0.15) is 36.5 Å². The highest BCUT2D eigenvalue weighted by Gasteiger charge is 2.44. The van der Waals surface area contributed by atoms with Crippen LogP contribution in [0.5, 0.6) is 0 Å². The molecule has 0 spiro atoms. The smallest absolute Gasteiger partial charge is 0.244 e. The highest BCUT2D eigenvalue weighted by Crippen LogP contribution is 2.22. The van der Waals surface area contributed by atoms with Crippen molar-refractivity contribution in [3.8, 4) is 0 Å². The molecule has 0 bridgehead atoms. The van der Waals surface area contributed by atoms with Crippen molar-refractivity contribution in [3.05, 3.63) is 0 Å². The highest BCUT2D eigenvalue weighted by molar-refractivity contribution is 6.01. The van der Waals surface area contributed by atoms with Gasteiger partial charge in [0.15, 0.2) is 6.29 Å². The normalized spacial score (nSPS) is 28.7. The summed E-state index contributed by atoms with van der Waals surface area (Å²) in [6, 6.07) is -2.28. The molecule has 0 aromatic heterocycles. The third-order valence-electron chi connectivity index (χ3n) is 6.72. The lowest BCUT2D eigenvalue weighted by Crippen LogP contribution is -2.60. The summed E-state index contributed by atoms with van der Waals surface area (Å²) in [6.07, 6.45) is -7.30. The average Bonchev–Trinajstić information content (AvgIpc) is 3.18. The molecule has 0 aliphatic carbocycles. The second kappa shape index (κ2) is 15.9. The van der Waals surface area contributed by atoms with Crippen LogP contribution in [-0.4, -0.2) is 124 Å². The quantitative estimate of drug-likeness (QED) is 0.0763. The topological polar surface area (TPSA) is 224 Å². The number of hydrogen-bond acceptors (Lipinski definition) is 11. The van der Waals surface area contributed by atoms with E-state index in [1.165, 1.54) is 7.05 Å². The van der Waals surface area contributed by atoms with Crippen LogP contribution in [0.4, 0.5) is 0 Å². The van der Waals surface area contributed by atoms with Crippen LogP contribution in [-0.2, 0) is 33.4 Å². The van der Waals surface area contributed by atoms with E-state index in [4.69, 9.17) is 10.8 Å². The van der Waals surface area contributed by atoms with E-state index in [1.54, 1.807) is 13.8 Å². The van der Waals surface area contributed by atoms with Gasteiger partial charge in [-0.15, -0.1) is 0 Å². The molecule has 2 saturated heterocycles. The number of ether oxygens (including phenoxy) is 2. The van der Waals surface area contributed by atoms with E-state index in [-0.39, 0.29) is 31.2 Å². The van der Waals surface area contributed by atoms with Gasteiger partial charge in [-0.2, -0.15) is 0 Å². The van der Waals surface area contributed by atoms with Crippen LogP contribution in [0.1, 0.15) is 53.7 Å². The summed E-state index contributed by atoms with van der Waals surface area (Å²) in [7, 11) is 1.33. The molecule has 5 amide bonds. The summed E-state index contributed by atoms with van der Waals surface area (Å²) < 4.78 is 18.2. The predicted octanol–water partition coefficient (Wildman–Crippen LogP) is -3.12. The van der Waals surface area contributed by atoms with Crippen molar-refractivity contribution in [1.82, 2.24) is 20.9 Å². The zero-order valence-corrected chi connectivity index (χ0v) is 22.9. The molecule has 8 atom stereocenters. The molecule has 7 N–H and O–H groups in total. The Bertz CT molecular complexity index is 937. The van der Waals surface area contributed by atoms with Crippen LogP contribution in [0, 0.1) is 5.92 Å². The Hall–Kier alpha value is -2.69. The summed E-state index contributed by atoms with van der Waals surface area (Å²) in [5.74, 6) is -2.97. The van der Waals surface area contributed by atoms with Crippen LogP contribution in [0.15, 0.2) is 0 Å². The number of likely N-dealkylation sites (tertiary alicyclic amines) is 1. The van der Waals surface area contributed by atoms with Gasteiger partial charge in [-0.3, -0.25) is 28.9 Å². The zero-order valence-electron chi connectivity index (χ0n) is 23.9. The van der Waals surface area contributed by atoms with Crippen molar-refractivity contribution in [1.29, 1.82) is 0 Å². The van der Waals surface area contributed by atoms with Crippen LogP contribution >= 0.6 is 0 Å². The highest BCUT2D eigenvalue weighted by atomic mass is 16.7. The first-order chi connectivity index (χ1) is 19.3. The first-order valence-corrected chi connectivity index (χ1v) is 13.3. The van der Waals surface area contributed by atoms with Gasteiger partial charge in [-0.05, 0) is 18.8 Å². The van der Waals surface area contributed by atoms with Gasteiger partial charge >= 0.3 is 0 Å². The van der Waals surface area contributed by atoms with E-state index >= 15 is 0 Å². The molecule has 8 unspecified atom stereocenters. The SMILES string of the molecule is [3H]C1CC(=O)N(CCCCCC(=O)NC(C(=O)NC(COC2OC(CO)C(O)C(O)C2O)C(=O)NC)C(C)C)C1=O. The minimum absolute atomic E-state index is 0.0819. The predicted molar refractivity (Wildman–Crippen MR) is 137 cm³/mol. The van der Waals surface area contributed by atoms with E-state index in [0.29, 0.717) is 19.3 Å². The number of rotatable bonds is 15. The van der Waals surface area contributed by atoms with Gasteiger partial charge in [0, 0.05) is 34.2 Å². The molecule has 0 saturated carbocycles. The number of likely N-dealkylation sites (N-methyl/N-ethyl adjacent to an activating group) is 1. The van der Waals surface area contributed by atoms with Crippen LogP contribution < -0.4 is 16.0 Å². The molecule has 2 aliphatic heterocycles. The lowest BCUT2D eigenvalue weighted by atomic mass is 9.99. The van der Waals surface area contributed by atoms with Crippen LogP contribution in [0.3, 0.4) is 0 Å². The average molecular weight is 577 g/mol. The zero-order chi connectivity index (χ0) is 30.9. The van der Waals surface area contributed by atoms with Gasteiger partial charge in [0.2, 0.25) is 29.5 Å². The fourth-order valence-corrected chi connectivity index (χ4v) is 4.28. The van der Waals surface area contributed by atoms with Crippen molar-refractivity contribution >= 4 is 29.5 Å². The number of carbonyl (C=O) groups excluding carboxylic acids is 5. The molecule has 40 heavy (non-hydrogen) atoms. The Morgan fingerprint density at radius 2 is 1.75 bits per heavy atom. The van der Waals surface area contributed by atoms with Gasteiger partial charge < -0.3 is 45.9 Å². The maximum absolute atomic E-state index is 13.0. The Morgan fingerprint density at radius 3 is 2.33 bits per heavy atom. The molecule has 0 aromatic carbocycles. The van der Waals surface area contributed by atoms with Gasteiger partial charge in [-0.1, -0.05) is 20.3 Å². The lowest BCUT2D eigenvalue weighted by Gasteiger charge is -2.40. The Morgan fingerprint density at radius 1 is 1.05 bits per heavy atom. The van der Waals surface area contributed by atoms with Gasteiger partial charge in [0.05, 0.1) is 13.2 Å². The minimum Gasteiger partial charge on any atom is -0.394 e. The monoisotopic (exact) mass is 576 g/mol. The largest absolute Gasteiger partial charge is 0.394 e. The van der Waals surface area contributed by atoms with Crippen molar-refractivity contribution in [2.75, 3.05) is 26.8 Å². The molecule has 15 nitrogen and oxygen atoms in total. The number of carbonyl (C=O) groups is 5. The van der Waals surface area contributed by atoms with Crippen LogP contribution in [0.2, 0.25) is 0 Å². The number of aliphatic hydroxyl groups is 4. The number of unbranched alkanes of at least 4 members (excludes halogenated alkanes) is 2. The van der Waals surface area contributed by atoms with E-state index in [0.717, 1.165) is 4.90 Å². The number of nitrogens with zero attached hydrogens (tertiary/aromatic N) is 1. The third kappa shape index (κ3) is 9.17. The molecule has 0 radical (unpaired) electrons. The van der Waals surface area contributed by atoms with Crippen molar-refractivity contribution < 1.29 is 55.2 Å². The fourth-order valence-electron chi connectivity index (χ4n) is 4.28. The van der Waals surface area contributed by atoms with E-state index in [9.17, 15) is 44.4 Å². The Labute approximate surface area is 234 Å². The summed E-state index contributed by atoms with van der Waals surface area (Å²) in [5, 5.41) is 46.8. The summed E-state index contributed by atoms with van der Waals surface area (Å²) in [4.78, 5) is 62.6. The molecule has 15 heteroatoms. The van der Waals surface area contributed by atoms with Crippen LogP contribution in [0.25, 0.3) is 0 Å². The first kappa shape index (κ1) is 31.8. The molecule has 2 rings (SSSR count). The molecular weight excluding hydrogens is 532 g/mol. The van der Waals surface area contributed by atoms with Gasteiger partial charge in [-0.25, -0.2) is 0 Å². The molecule has 228 valence electrons. The van der Waals surface area contributed by atoms with Gasteiger partial charge in [0.25, 0.3) is 0 Å². The van der Waals surface area contributed by atoms with Crippen molar-refractivity contribution in [3.63, 3.8) is 0 Å². The molecule has 2 fully saturated rings. The summed E-state index contributed by atoms with van der Waals surface area (Å²) in [6.45, 7) is 2.43. The molecule has 2 heterocycles. The maximum Gasteiger partial charge on any atom is 0.244 e. The second-order valence-corrected chi connectivity index (χ2v) is 10.1.